The maximum Gasteiger partial charge on any atom is 0.261 e. The summed E-state index contributed by atoms with van der Waals surface area (Å²) in [6, 6.07) is 9.22. The normalized spacial score (nSPS) is 16.6. The number of aromatic nitrogens is 5. The van der Waals surface area contributed by atoms with Crippen molar-refractivity contribution in [1.82, 2.24) is 24.3 Å². The van der Waals surface area contributed by atoms with Crippen LogP contribution in [0, 0.1) is 0 Å². The van der Waals surface area contributed by atoms with Crippen LogP contribution in [0.25, 0.3) is 33.4 Å². The molecule has 4 heterocycles. The van der Waals surface area contributed by atoms with E-state index in [1.807, 2.05) is 37.5 Å². The lowest BCUT2D eigenvalue weighted by Gasteiger charge is -2.14. The lowest BCUT2D eigenvalue weighted by molar-refractivity contribution is 0.186. The molecule has 1 aliphatic rings. The quantitative estimate of drug-likeness (QED) is 0.519. The van der Waals surface area contributed by atoms with E-state index in [1.165, 1.54) is 0 Å². The topological polar surface area (TPSA) is 74.8 Å². The first kappa shape index (κ1) is 18.0. The van der Waals surface area contributed by atoms with E-state index in [-0.39, 0.29) is 11.6 Å². The van der Waals surface area contributed by atoms with Gasteiger partial charge in [-0.25, -0.2) is 9.97 Å². The molecule has 146 valence electrons. The zero-order valence-electron chi connectivity index (χ0n) is 15.7. The van der Waals surface area contributed by atoms with E-state index >= 15 is 0 Å². The molecule has 1 aliphatic heterocycles. The molecule has 0 N–H and O–H groups in total. The SMILES string of the molecule is Cn1cc(-c2nc(-c3ccc(Cl)cc3)cc3c(=O)n(C4CCOC4)cnc23)cn1. The number of benzene rings is 1. The van der Waals surface area contributed by atoms with Crippen molar-refractivity contribution in [1.29, 1.82) is 0 Å². The van der Waals surface area contributed by atoms with Crippen LogP contribution in [0.4, 0.5) is 0 Å². The molecular weight excluding hydrogens is 390 g/mol. The average Bonchev–Trinajstić information content (AvgIpc) is 3.40. The molecule has 3 aromatic heterocycles. The zero-order valence-corrected chi connectivity index (χ0v) is 16.5. The Hall–Kier alpha value is -3.03. The summed E-state index contributed by atoms with van der Waals surface area (Å²) in [6.07, 6.45) is 6.00. The molecule has 0 amide bonds. The Morgan fingerprint density at radius 2 is 2.03 bits per heavy atom. The predicted molar refractivity (Wildman–Crippen MR) is 111 cm³/mol. The number of ether oxygens (including phenoxy) is 1. The van der Waals surface area contributed by atoms with Crippen LogP contribution in [0.3, 0.4) is 0 Å². The molecule has 4 aromatic rings. The van der Waals surface area contributed by atoms with Crippen molar-refractivity contribution in [3.8, 4) is 22.5 Å². The van der Waals surface area contributed by atoms with E-state index in [9.17, 15) is 4.79 Å². The third-order valence-electron chi connectivity index (χ3n) is 5.19. The molecular formula is C21H18ClN5O2. The first-order valence-corrected chi connectivity index (χ1v) is 9.72. The molecule has 1 aromatic carbocycles. The van der Waals surface area contributed by atoms with Crippen LogP contribution >= 0.6 is 11.6 Å². The van der Waals surface area contributed by atoms with Crippen molar-refractivity contribution in [3.05, 3.63) is 64.4 Å². The molecule has 29 heavy (non-hydrogen) atoms. The van der Waals surface area contributed by atoms with Crippen LogP contribution in [0.2, 0.25) is 5.02 Å². The van der Waals surface area contributed by atoms with Crippen LogP contribution in [0.15, 0.2) is 53.8 Å². The van der Waals surface area contributed by atoms with Crippen molar-refractivity contribution in [2.24, 2.45) is 7.05 Å². The zero-order chi connectivity index (χ0) is 20.0. The maximum atomic E-state index is 13.3. The number of halogens is 1. The predicted octanol–water partition coefficient (Wildman–Crippen LogP) is 3.47. The highest BCUT2D eigenvalue weighted by Crippen LogP contribution is 2.29. The molecule has 5 rings (SSSR count). The van der Waals surface area contributed by atoms with E-state index in [1.54, 1.807) is 27.8 Å². The van der Waals surface area contributed by atoms with Crippen molar-refractivity contribution in [3.63, 3.8) is 0 Å². The van der Waals surface area contributed by atoms with Gasteiger partial charge in [-0.1, -0.05) is 23.7 Å². The number of hydrogen-bond acceptors (Lipinski definition) is 5. The van der Waals surface area contributed by atoms with Crippen molar-refractivity contribution >= 4 is 22.5 Å². The summed E-state index contributed by atoms with van der Waals surface area (Å²) in [7, 11) is 1.84. The summed E-state index contributed by atoms with van der Waals surface area (Å²) in [5.74, 6) is 0. The summed E-state index contributed by atoms with van der Waals surface area (Å²) < 4.78 is 8.83. The van der Waals surface area contributed by atoms with Gasteiger partial charge in [0, 0.05) is 36.0 Å². The molecule has 1 unspecified atom stereocenters. The second-order valence-corrected chi connectivity index (χ2v) is 7.57. The summed E-state index contributed by atoms with van der Waals surface area (Å²) in [4.78, 5) is 22.8. The highest BCUT2D eigenvalue weighted by atomic mass is 35.5. The summed E-state index contributed by atoms with van der Waals surface area (Å²) in [5, 5.41) is 5.42. The van der Waals surface area contributed by atoms with Crippen molar-refractivity contribution < 1.29 is 4.74 Å². The Labute approximate surface area is 171 Å². The number of hydrogen-bond donors (Lipinski definition) is 0. The second-order valence-electron chi connectivity index (χ2n) is 7.14. The largest absolute Gasteiger partial charge is 0.379 e. The number of fused-ring (bicyclic) bond motifs is 1. The molecule has 0 aliphatic carbocycles. The van der Waals surface area contributed by atoms with Gasteiger partial charge in [-0.15, -0.1) is 0 Å². The van der Waals surface area contributed by atoms with Gasteiger partial charge in [0.15, 0.2) is 0 Å². The highest BCUT2D eigenvalue weighted by Gasteiger charge is 2.22. The van der Waals surface area contributed by atoms with Crippen LogP contribution in [0.5, 0.6) is 0 Å². The number of nitrogens with zero attached hydrogens (tertiary/aromatic N) is 5. The third kappa shape index (κ3) is 3.22. The minimum absolute atomic E-state index is 0.00777. The lowest BCUT2D eigenvalue weighted by Crippen LogP contribution is -2.25. The number of pyridine rings is 1. The van der Waals surface area contributed by atoms with Crippen LogP contribution < -0.4 is 5.56 Å². The Balaban J connectivity index is 1.78. The third-order valence-corrected chi connectivity index (χ3v) is 5.44. The fourth-order valence-electron chi connectivity index (χ4n) is 3.66. The molecule has 1 saturated heterocycles. The Morgan fingerprint density at radius 1 is 1.21 bits per heavy atom. The van der Waals surface area contributed by atoms with E-state index in [0.29, 0.717) is 40.5 Å². The van der Waals surface area contributed by atoms with Crippen molar-refractivity contribution in [2.75, 3.05) is 13.2 Å². The van der Waals surface area contributed by atoms with Gasteiger partial charge < -0.3 is 4.74 Å². The maximum absolute atomic E-state index is 13.3. The fourth-order valence-corrected chi connectivity index (χ4v) is 3.78. The molecule has 1 fully saturated rings. The van der Waals surface area contributed by atoms with Gasteiger partial charge in [0.25, 0.3) is 5.56 Å². The van der Waals surface area contributed by atoms with E-state index in [0.717, 1.165) is 17.5 Å². The first-order chi connectivity index (χ1) is 14.1. The summed E-state index contributed by atoms with van der Waals surface area (Å²) in [6.45, 7) is 1.18. The Morgan fingerprint density at radius 3 is 2.72 bits per heavy atom. The standard InChI is InChI=1S/C21H18ClN5O2/c1-26-10-14(9-24-26)19-20-17(8-18(25-19)13-2-4-15(22)5-3-13)21(28)27(12-23-20)16-6-7-29-11-16/h2-5,8-10,12,16H,6-7,11H2,1H3. The van der Waals surface area contributed by atoms with Gasteiger partial charge >= 0.3 is 0 Å². The molecule has 1 atom stereocenters. The number of aryl methyl sites for hydroxylation is 1. The fraction of sp³-hybridized carbons (Fsp3) is 0.238. The van der Waals surface area contributed by atoms with Crippen molar-refractivity contribution in [2.45, 2.75) is 12.5 Å². The van der Waals surface area contributed by atoms with Gasteiger partial charge in [0.05, 0.1) is 36.3 Å². The second kappa shape index (κ2) is 7.09. The molecule has 8 heteroatoms. The molecule has 7 nitrogen and oxygen atoms in total. The van der Waals surface area contributed by atoms with E-state index in [4.69, 9.17) is 21.3 Å². The Bertz CT molecular complexity index is 1260. The van der Waals surface area contributed by atoms with Gasteiger partial charge in [0.2, 0.25) is 0 Å². The van der Waals surface area contributed by atoms with Gasteiger partial charge in [0.1, 0.15) is 11.2 Å². The number of rotatable bonds is 3. The first-order valence-electron chi connectivity index (χ1n) is 9.35. The molecule has 0 radical (unpaired) electrons. The smallest absolute Gasteiger partial charge is 0.261 e. The lowest BCUT2D eigenvalue weighted by atomic mass is 10.1. The molecule has 0 saturated carbocycles. The van der Waals surface area contributed by atoms with E-state index in [2.05, 4.69) is 10.1 Å². The van der Waals surface area contributed by atoms with Gasteiger partial charge in [-0.3, -0.25) is 14.0 Å². The van der Waals surface area contributed by atoms with Gasteiger partial charge in [-0.2, -0.15) is 5.10 Å². The van der Waals surface area contributed by atoms with Crippen LogP contribution in [-0.4, -0.2) is 37.5 Å². The molecule has 0 bridgehead atoms. The molecule has 0 spiro atoms. The Kier molecular flexibility index (Phi) is 4.41. The van der Waals surface area contributed by atoms with E-state index < -0.39 is 0 Å². The van der Waals surface area contributed by atoms with Crippen LogP contribution in [-0.2, 0) is 11.8 Å². The van der Waals surface area contributed by atoms with Gasteiger partial charge in [-0.05, 0) is 24.6 Å². The minimum atomic E-state index is -0.0896. The summed E-state index contributed by atoms with van der Waals surface area (Å²) >= 11 is 6.04. The van der Waals surface area contributed by atoms with Crippen LogP contribution in [0.1, 0.15) is 12.5 Å². The minimum Gasteiger partial charge on any atom is -0.379 e. The average molecular weight is 408 g/mol. The monoisotopic (exact) mass is 407 g/mol. The highest BCUT2D eigenvalue weighted by molar-refractivity contribution is 6.30. The summed E-state index contributed by atoms with van der Waals surface area (Å²) in [5.41, 5.74) is 3.48.